The summed E-state index contributed by atoms with van der Waals surface area (Å²) < 4.78 is 5.26. The van der Waals surface area contributed by atoms with Crippen LogP contribution >= 0.6 is 0 Å². The first-order chi connectivity index (χ1) is 8.76. The van der Waals surface area contributed by atoms with E-state index < -0.39 is 0 Å². The molecule has 1 aromatic rings. The van der Waals surface area contributed by atoms with Crippen LogP contribution in [-0.4, -0.2) is 20.2 Å². The van der Waals surface area contributed by atoms with Gasteiger partial charge in [0, 0.05) is 19.2 Å². The van der Waals surface area contributed by atoms with Crippen molar-refractivity contribution in [3.05, 3.63) is 23.8 Å². The first-order valence-corrected chi connectivity index (χ1v) is 6.57. The highest BCUT2D eigenvalue weighted by molar-refractivity contribution is 5.62. The molecule has 3 heteroatoms. The summed E-state index contributed by atoms with van der Waals surface area (Å²) in [6.45, 7) is 0. The number of nitrogens with zero attached hydrogens (tertiary/aromatic N) is 2. The molecule has 1 fully saturated rings. The molecule has 18 heavy (non-hydrogen) atoms. The van der Waals surface area contributed by atoms with Gasteiger partial charge in [-0.2, -0.15) is 5.26 Å². The number of benzene rings is 1. The SMILES string of the molecule is COc1ccc(C#N)c(N(C)C2CCCCC2)c1. The lowest BCUT2D eigenvalue weighted by molar-refractivity contribution is 0.412. The first-order valence-electron chi connectivity index (χ1n) is 6.57. The Kier molecular flexibility index (Phi) is 4.09. The predicted molar refractivity (Wildman–Crippen MR) is 73.0 cm³/mol. The Balaban J connectivity index is 2.27. The number of nitriles is 1. The van der Waals surface area contributed by atoms with Crippen LogP contribution in [0.4, 0.5) is 5.69 Å². The van der Waals surface area contributed by atoms with Crippen molar-refractivity contribution in [1.29, 1.82) is 5.26 Å². The standard InChI is InChI=1S/C15H20N2O/c1-17(13-6-4-3-5-7-13)15-10-14(18-2)9-8-12(15)11-16/h8-10,13H,3-7H2,1-2H3. The molecule has 3 nitrogen and oxygen atoms in total. The van der Waals surface area contributed by atoms with Crippen molar-refractivity contribution < 1.29 is 4.74 Å². The van der Waals surface area contributed by atoms with E-state index in [0.717, 1.165) is 17.0 Å². The van der Waals surface area contributed by atoms with Crippen LogP contribution in [0.15, 0.2) is 18.2 Å². The van der Waals surface area contributed by atoms with Crippen molar-refractivity contribution in [2.45, 2.75) is 38.1 Å². The van der Waals surface area contributed by atoms with E-state index in [1.165, 1.54) is 32.1 Å². The van der Waals surface area contributed by atoms with Crippen molar-refractivity contribution in [2.75, 3.05) is 19.1 Å². The minimum atomic E-state index is 0.554. The monoisotopic (exact) mass is 244 g/mol. The van der Waals surface area contributed by atoms with Gasteiger partial charge in [-0.3, -0.25) is 0 Å². The van der Waals surface area contributed by atoms with Crippen LogP contribution in [0.3, 0.4) is 0 Å². The molecule has 0 spiro atoms. The highest BCUT2D eigenvalue weighted by Crippen LogP contribution is 2.30. The maximum atomic E-state index is 9.21. The fraction of sp³-hybridized carbons (Fsp3) is 0.533. The van der Waals surface area contributed by atoms with E-state index in [4.69, 9.17) is 4.74 Å². The molecule has 1 aliphatic rings. The molecule has 0 saturated heterocycles. The average Bonchev–Trinajstić information content (AvgIpc) is 2.46. The van der Waals surface area contributed by atoms with Crippen LogP contribution in [0.2, 0.25) is 0 Å². The number of rotatable bonds is 3. The van der Waals surface area contributed by atoms with E-state index in [9.17, 15) is 5.26 Å². The van der Waals surface area contributed by atoms with Crippen LogP contribution in [0.25, 0.3) is 0 Å². The third-order valence-electron chi connectivity index (χ3n) is 3.83. The fourth-order valence-electron chi connectivity index (χ4n) is 2.69. The van der Waals surface area contributed by atoms with Gasteiger partial charge in [0.05, 0.1) is 18.4 Å². The highest BCUT2D eigenvalue weighted by Gasteiger charge is 2.20. The van der Waals surface area contributed by atoms with E-state index in [0.29, 0.717) is 6.04 Å². The molecule has 0 aromatic heterocycles. The van der Waals surface area contributed by atoms with Gasteiger partial charge < -0.3 is 9.64 Å². The molecule has 0 unspecified atom stereocenters. The van der Waals surface area contributed by atoms with Crippen LogP contribution in [-0.2, 0) is 0 Å². The number of hydrogen-bond acceptors (Lipinski definition) is 3. The quantitative estimate of drug-likeness (QED) is 0.818. The molecule has 2 rings (SSSR count). The molecule has 0 atom stereocenters. The van der Waals surface area contributed by atoms with Gasteiger partial charge in [0.1, 0.15) is 11.8 Å². The molecule has 0 N–H and O–H groups in total. The van der Waals surface area contributed by atoms with Crippen LogP contribution in [0, 0.1) is 11.3 Å². The number of anilines is 1. The molecule has 0 radical (unpaired) electrons. The maximum Gasteiger partial charge on any atom is 0.121 e. The molecule has 0 heterocycles. The van der Waals surface area contributed by atoms with Gasteiger partial charge in [-0.05, 0) is 25.0 Å². The highest BCUT2D eigenvalue weighted by atomic mass is 16.5. The van der Waals surface area contributed by atoms with Gasteiger partial charge in [0.15, 0.2) is 0 Å². The molecule has 0 aliphatic heterocycles. The summed E-state index contributed by atoms with van der Waals surface area (Å²) in [7, 11) is 3.75. The second-order valence-corrected chi connectivity index (χ2v) is 4.90. The van der Waals surface area contributed by atoms with E-state index in [2.05, 4.69) is 18.0 Å². The Morgan fingerprint density at radius 2 is 2.00 bits per heavy atom. The van der Waals surface area contributed by atoms with E-state index >= 15 is 0 Å². The Morgan fingerprint density at radius 1 is 1.28 bits per heavy atom. The summed E-state index contributed by atoms with van der Waals surface area (Å²) in [6.07, 6.45) is 6.37. The number of ether oxygens (including phenoxy) is 1. The van der Waals surface area contributed by atoms with Gasteiger partial charge in [-0.25, -0.2) is 0 Å². The molecular formula is C15H20N2O. The summed E-state index contributed by atoms with van der Waals surface area (Å²) >= 11 is 0. The van der Waals surface area contributed by atoms with Crippen LogP contribution in [0.5, 0.6) is 5.75 Å². The molecule has 96 valence electrons. The van der Waals surface area contributed by atoms with Gasteiger partial charge in [-0.1, -0.05) is 19.3 Å². The number of methoxy groups -OCH3 is 1. The first kappa shape index (κ1) is 12.8. The fourth-order valence-corrected chi connectivity index (χ4v) is 2.69. The summed E-state index contributed by atoms with van der Waals surface area (Å²) in [6, 6.07) is 8.47. The molecule has 1 aromatic carbocycles. The Bertz CT molecular complexity index is 444. The van der Waals surface area contributed by atoms with Crippen LogP contribution < -0.4 is 9.64 Å². The smallest absolute Gasteiger partial charge is 0.121 e. The second kappa shape index (κ2) is 5.77. The minimum absolute atomic E-state index is 0.554. The van der Waals surface area contributed by atoms with Gasteiger partial charge in [-0.15, -0.1) is 0 Å². The zero-order valence-electron chi connectivity index (χ0n) is 11.1. The minimum Gasteiger partial charge on any atom is -0.497 e. The summed E-state index contributed by atoms with van der Waals surface area (Å²) in [4.78, 5) is 2.25. The van der Waals surface area contributed by atoms with Gasteiger partial charge in [0.2, 0.25) is 0 Å². The lowest BCUT2D eigenvalue weighted by Crippen LogP contribution is -2.33. The lowest BCUT2D eigenvalue weighted by Gasteiger charge is -2.33. The normalized spacial score (nSPS) is 16.1. The van der Waals surface area contributed by atoms with E-state index in [1.54, 1.807) is 7.11 Å². The molecular weight excluding hydrogens is 224 g/mol. The van der Waals surface area contributed by atoms with Crippen molar-refractivity contribution in [2.24, 2.45) is 0 Å². The Morgan fingerprint density at radius 3 is 2.61 bits per heavy atom. The van der Waals surface area contributed by atoms with Gasteiger partial charge in [0.25, 0.3) is 0 Å². The second-order valence-electron chi connectivity index (χ2n) is 4.90. The topological polar surface area (TPSA) is 36.3 Å². The predicted octanol–water partition coefficient (Wildman–Crippen LogP) is 3.34. The molecule has 0 amide bonds. The summed E-state index contributed by atoms with van der Waals surface area (Å²) in [5, 5.41) is 9.21. The molecule has 1 saturated carbocycles. The van der Waals surface area contributed by atoms with Crippen molar-refractivity contribution >= 4 is 5.69 Å². The summed E-state index contributed by atoms with van der Waals surface area (Å²) in [5.74, 6) is 0.812. The zero-order valence-corrected chi connectivity index (χ0v) is 11.1. The Labute approximate surface area is 109 Å². The number of hydrogen-bond donors (Lipinski definition) is 0. The van der Waals surface area contributed by atoms with Crippen molar-refractivity contribution in [3.8, 4) is 11.8 Å². The lowest BCUT2D eigenvalue weighted by atomic mass is 9.94. The van der Waals surface area contributed by atoms with Crippen molar-refractivity contribution in [3.63, 3.8) is 0 Å². The molecule has 1 aliphatic carbocycles. The van der Waals surface area contributed by atoms with Gasteiger partial charge >= 0.3 is 0 Å². The zero-order chi connectivity index (χ0) is 13.0. The third kappa shape index (κ3) is 2.59. The van der Waals surface area contributed by atoms with Crippen LogP contribution in [0.1, 0.15) is 37.7 Å². The van der Waals surface area contributed by atoms with Crippen molar-refractivity contribution in [1.82, 2.24) is 0 Å². The van der Waals surface area contributed by atoms with E-state index in [1.807, 2.05) is 18.2 Å². The average molecular weight is 244 g/mol. The maximum absolute atomic E-state index is 9.21. The Hall–Kier alpha value is -1.69. The summed E-state index contributed by atoms with van der Waals surface area (Å²) in [5.41, 5.74) is 1.72. The third-order valence-corrected chi connectivity index (χ3v) is 3.83. The largest absolute Gasteiger partial charge is 0.497 e. The van der Waals surface area contributed by atoms with E-state index in [-0.39, 0.29) is 0 Å². The molecule has 0 bridgehead atoms.